The second-order valence-electron chi connectivity index (χ2n) is 5.09. The number of aromatic nitrogens is 5. The first kappa shape index (κ1) is 15.3. The Hall–Kier alpha value is -2.58. The van der Waals surface area contributed by atoms with E-state index in [1.54, 1.807) is 29.8 Å². The zero-order valence-corrected chi connectivity index (χ0v) is 12.6. The van der Waals surface area contributed by atoms with Gasteiger partial charge in [0, 0.05) is 42.7 Å². The van der Waals surface area contributed by atoms with Gasteiger partial charge in [-0.1, -0.05) is 0 Å². The fourth-order valence-electron chi connectivity index (χ4n) is 2.34. The van der Waals surface area contributed by atoms with Crippen molar-refractivity contribution in [3.63, 3.8) is 0 Å². The molecule has 0 saturated carbocycles. The molecule has 3 rings (SSSR count). The molecule has 122 valence electrons. The van der Waals surface area contributed by atoms with Crippen molar-refractivity contribution in [2.75, 3.05) is 5.32 Å². The van der Waals surface area contributed by atoms with Crippen LogP contribution in [0.2, 0.25) is 0 Å². The van der Waals surface area contributed by atoms with Crippen LogP contribution in [-0.4, -0.2) is 24.4 Å². The maximum atomic E-state index is 13.1. The Labute approximate surface area is 129 Å². The molecule has 0 aliphatic heterocycles. The summed E-state index contributed by atoms with van der Waals surface area (Å²) in [6.07, 6.45) is -1.49. The van der Waals surface area contributed by atoms with E-state index in [0.717, 1.165) is 5.69 Å². The standard InChI is InChI=1S/C14H15F3N6/c1-3-22-8-10(13(21-22)14(15,16)17)7-18-12-6-9(2)20-11-4-5-19-23(11)12/h4-6,8,18H,3,7H2,1-2H3. The van der Waals surface area contributed by atoms with Crippen molar-refractivity contribution in [1.29, 1.82) is 0 Å². The van der Waals surface area contributed by atoms with E-state index < -0.39 is 11.9 Å². The van der Waals surface area contributed by atoms with Gasteiger partial charge in [-0.25, -0.2) is 4.98 Å². The fraction of sp³-hybridized carbons (Fsp3) is 0.357. The Balaban J connectivity index is 1.91. The third-order valence-electron chi connectivity index (χ3n) is 3.38. The lowest BCUT2D eigenvalue weighted by Crippen LogP contribution is -2.13. The van der Waals surface area contributed by atoms with E-state index in [2.05, 4.69) is 20.5 Å². The molecule has 1 N–H and O–H groups in total. The summed E-state index contributed by atoms with van der Waals surface area (Å²) in [5.74, 6) is 0.579. The monoisotopic (exact) mass is 324 g/mol. The first-order valence-corrected chi connectivity index (χ1v) is 7.07. The van der Waals surface area contributed by atoms with Crippen molar-refractivity contribution < 1.29 is 13.2 Å². The molecule has 3 aromatic heterocycles. The van der Waals surface area contributed by atoms with Crippen LogP contribution in [0.25, 0.3) is 5.65 Å². The topological polar surface area (TPSA) is 60.0 Å². The van der Waals surface area contributed by atoms with Gasteiger partial charge in [0.15, 0.2) is 11.3 Å². The van der Waals surface area contributed by atoms with Crippen molar-refractivity contribution in [3.8, 4) is 0 Å². The Morgan fingerprint density at radius 3 is 2.78 bits per heavy atom. The molecule has 0 aromatic carbocycles. The van der Waals surface area contributed by atoms with Crippen molar-refractivity contribution in [2.24, 2.45) is 0 Å². The Morgan fingerprint density at radius 2 is 2.09 bits per heavy atom. The summed E-state index contributed by atoms with van der Waals surface area (Å²) in [5.41, 5.74) is 0.608. The minimum atomic E-state index is -4.48. The zero-order chi connectivity index (χ0) is 16.6. The molecule has 3 heterocycles. The molecule has 0 aliphatic rings. The molecular formula is C14H15F3N6. The fourth-order valence-corrected chi connectivity index (χ4v) is 2.34. The summed E-state index contributed by atoms with van der Waals surface area (Å²) < 4.78 is 42.0. The van der Waals surface area contributed by atoms with Crippen LogP contribution in [0.5, 0.6) is 0 Å². The lowest BCUT2D eigenvalue weighted by Gasteiger charge is -2.10. The van der Waals surface area contributed by atoms with Crippen LogP contribution < -0.4 is 5.32 Å². The van der Waals surface area contributed by atoms with Crippen LogP contribution in [0.3, 0.4) is 0 Å². The number of hydrogen-bond acceptors (Lipinski definition) is 4. The molecule has 0 saturated heterocycles. The summed E-state index contributed by atoms with van der Waals surface area (Å²) in [6.45, 7) is 3.92. The number of anilines is 1. The quantitative estimate of drug-likeness (QED) is 0.802. The van der Waals surface area contributed by atoms with Crippen LogP contribution >= 0.6 is 0 Å². The van der Waals surface area contributed by atoms with E-state index in [1.807, 2.05) is 6.92 Å². The van der Waals surface area contributed by atoms with E-state index in [9.17, 15) is 13.2 Å². The molecule has 23 heavy (non-hydrogen) atoms. The normalized spacial score (nSPS) is 12.0. The SMILES string of the molecule is CCn1cc(CNc2cc(C)nc3ccnn23)c(C(F)(F)F)n1. The van der Waals surface area contributed by atoms with E-state index in [1.165, 1.54) is 10.9 Å². The Kier molecular flexibility index (Phi) is 3.70. The summed E-state index contributed by atoms with van der Waals surface area (Å²) in [7, 11) is 0. The summed E-state index contributed by atoms with van der Waals surface area (Å²) in [4.78, 5) is 4.29. The van der Waals surface area contributed by atoms with Crippen molar-refractivity contribution in [2.45, 2.75) is 33.1 Å². The molecule has 0 fully saturated rings. The number of alkyl halides is 3. The minimum absolute atomic E-state index is 0.00669. The molecule has 6 nitrogen and oxygen atoms in total. The zero-order valence-electron chi connectivity index (χ0n) is 12.6. The van der Waals surface area contributed by atoms with Gasteiger partial charge < -0.3 is 5.32 Å². The van der Waals surface area contributed by atoms with E-state index >= 15 is 0 Å². The molecular weight excluding hydrogens is 309 g/mol. The number of fused-ring (bicyclic) bond motifs is 1. The van der Waals surface area contributed by atoms with Crippen molar-refractivity contribution >= 4 is 11.5 Å². The van der Waals surface area contributed by atoms with Gasteiger partial charge in [0.05, 0.1) is 6.20 Å². The summed E-state index contributed by atoms with van der Waals surface area (Å²) in [6, 6.07) is 3.46. The van der Waals surface area contributed by atoms with Gasteiger partial charge in [-0.05, 0) is 13.8 Å². The van der Waals surface area contributed by atoms with E-state index in [4.69, 9.17) is 0 Å². The van der Waals surface area contributed by atoms with Crippen molar-refractivity contribution in [3.05, 3.63) is 41.5 Å². The molecule has 0 unspecified atom stereocenters. The number of hydrogen-bond donors (Lipinski definition) is 1. The minimum Gasteiger partial charge on any atom is -0.366 e. The van der Waals surface area contributed by atoms with Crippen LogP contribution in [0, 0.1) is 6.92 Å². The lowest BCUT2D eigenvalue weighted by molar-refractivity contribution is -0.142. The molecule has 3 aromatic rings. The van der Waals surface area contributed by atoms with Gasteiger partial charge in [0.1, 0.15) is 5.82 Å². The number of nitrogens with one attached hydrogen (secondary N) is 1. The van der Waals surface area contributed by atoms with Crippen LogP contribution in [0.1, 0.15) is 23.9 Å². The average Bonchev–Trinajstić information content (AvgIpc) is 3.09. The van der Waals surface area contributed by atoms with Gasteiger partial charge in [0.25, 0.3) is 0 Å². The predicted octanol–water partition coefficient (Wildman–Crippen LogP) is 2.89. The molecule has 0 amide bonds. The highest BCUT2D eigenvalue weighted by Gasteiger charge is 2.36. The highest BCUT2D eigenvalue weighted by atomic mass is 19.4. The lowest BCUT2D eigenvalue weighted by atomic mass is 10.2. The Bertz CT molecular complexity index is 833. The molecule has 0 spiro atoms. The first-order valence-electron chi connectivity index (χ1n) is 7.07. The third-order valence-corrected chi connectivity index (χ3v) is 3.38. The second kappa shape index (κ2) is 5.56. The molecule has 0 aliphatic carbocycles. The first-order chi connectivity index (χ1) is 10.9. The predicted molar refractivity (Wildman–Crippen MR) is 78.0 cm³/mol. The van der Waals surface area contributed by atoms with Gasteiger partial charge >= 0.3 is 6.18 Å². The van der Waals surface area contributed by atoms with Gasteiger partial charge in [-0.15, -0.1) is 0 Å². The van der Waals surface area contributed by atoms with E-state index in [-0.39, 0.29) is 12.1 Å². The van der Waals surface area contributed by atoms with Crippen LogP contribution in [-0.2, 0) is 19.3 Å². The number of rotatable bonds is 4. The molecule has 0 atom stereocenters. The smallest absolute Gasteiger partial charge is 0.366 e. The highest BCUT2D eigenvalue weighted by molar-refractivity contribution is 5.49. The van der Waals surface area contributed by atoms with Crippen LogP contribution in [0.15, 0.2) is 24.5 Å². The van der Waals surface area contributed by atoms with Crippen LogP contribution in [0.4, 0.5) is 19.0 Å². The molecule has 0 bridgehead atoms. The summed E-state index contributed by atoms with van der Waals surface area (Å²) in [5, 5.41) is 10.7. The highest BCUT2D eigenvalue weighted by Crippen LogP contribution is 2.31. The third kappa shape index (κ3) is 2.99. The second-order valence-corrected chi connectivity index (χ2v) is 5.09. The average molecular weight is 324 g/mol. The maximum Gasteiger partial charge on any atom is 0.435 e. The molecule has 0 radical (unpaired) electrons. The maximum absolute atomic E-state index is 13.1. The number of nitrogens with zero attached hydrogens (tertiary/aromatic N) is 5. The number of aryl methyl sites for hydroxylation is 2. The summed E-state index contributed by atoms with van der Waals surface area (Å²) >= 11 is 0. The van der Waals surface area contributed by atoms with Crippen molar-refractivity contribution in [1.82, 2.24) is 24.4 Å². The molecule has 9 heteroatoms. The van der Waals surface area contributed by atoms with E-state index in [0.29, 0.717) is 18.0 Å². The largest absolute Gasteiger partial charge is 0.435 e. The van der Waals surface area contributed by atoms with Gasteiger partial charge in [0.2, 0.25) is 0 Å². The Morgan fingerprint density at radius 1 is 1.30 bits per heavy atom. The number of halogens is 3. The van der Waals surface area contributed by atoms with Gasteiger partial charge in [-0.2, -0.15) is 27.9 Å². The van der Waals surface area contributed by atoms with Gasteiger partial charge in [-0.3, -0.25) is 4.68 Å².